The number of aromatic amines is 1. The predicted octanol–water partition coefficient (Wildman–Crippen LogP) is 2.37. The lowest BCUT2D eigenvalue weighted by molar-refractivity contribution is -0.00900. The van der Waals surface area contributed by atoms with E-state index in [0.29, 0.717) is 5.82 Å². The second-order valence-corrected chi connectivity index (χ2v) is 8.31. The number of piperazine rings is 1. The van der Waals surface area contributed by atoms with E-state index in [0.717, 1.165) is 31.5 Å². The van der Waals surface area contributed by atoms with Crippen LogP contribution in [0.5, 0.6) is 0 Å². The number of amides is 1. The Hall–Kier alpha value is -2.48. The molecule has 2 aliphatic heterocycles. The zero-order chi connectivity index (χ0) is 19.0. The monoisotopic (exact) mass is 370 g/mol. The Morgan fingerprint density at radius 2 is 1.85 bits per heavy atom. The number of nitrogens with one attached hydrogen (secondary N) is 1. The number of H-pyrrole nitrogens is 1. The average molecular weight is 370 g/mol. The smallest absolute Gasteiger partial charge is 0.410 e. The van der Waals surface area contributed by atoms with Crippen molar-refractivity contribution < 1.29 is 9.53 Å². The summed E-state index contributed by atoms with van der Waals surface area (Å²) in [6, 6.07) is 10.4. The summed E-state index contributed by atoms with van der Waals surface area (Å²) in [6.45, 7) is 7.26. The van der Waals surface area contributed by atoms with Crippen molar-refractivity contribution in [2.75, 3.05) is 13.1 Å². The molecule has 8 nitrogen and oxygen atoms in total. The number of carbonyl (C=O) groups excluding carboxylic acids is 1. The number of ether oxygens (including phenoxy) is 1. The highest BCUT2D eigenvalue weighted by Crippen LogP contribution is 2.36. The molecule has 0 radical (unpaired) electrons. The average Bonchev–Trinajstić information content (AvgIpc) is 3.21. The number of hydrogen-bond donors (Lipinski definition) is 1. The van der Waals surface area contributed by atoms with Crippen LogP contribution in [0.15, 0.2) is 30.3 Å². The third-order valence-corrected chi connectivity index (χ3v) is 5.20. The van der Waals surface area contributed by atoms with Crippen molar-refractivity contribution in [3.8, 4) is 0 Å². The van der Waals surface area contributed by atoms with Crippen LogP contribution in [-0.4, -0.2) is 67.3 Å². The van der Waals surface area contributed by atoms with Crippen LogP contribution in [0.2, 0.25) is 0 Å². The molecular formula is C19H26N6O2. The summed E-state index contributed by atoms with van der Waals surface area (Å²) >= 11 is 0. The van der Waals surface area contributed by atoms with E-state index in [-0.39, 0.29) is 24.2 Å². The Balaban J connectivity index is 1.57. The van der Waals surface area contributed by atoms with Gasteiger partial charge in [0.25, 0.3) is 0 Å². The van der Waals surface area contributed by atoms with Gasteiger partial charge in [0, 0.05) is 25.2 Å². The third-order valence-electron chi connectivity index (χ3n) is 5.20. The van der Waals surface area contributed by atoms with Crippen LogP contribution in [0.3, 0.4) is 0 Å². The Morgan fingerprint density at radius 1 is 1.19 bits per heavy atom. The maximum Gasteiger partial charge on any atom is 0.410 e. The van der Waals surface area contributed by atoms with Gasteiger partial charge in [0.2, 0.25) is 0 Å². The number of benzene rings is 1. The molecule has 144 valence electrons. The number of tetrazole rings is 1. The van der Waals surface area contributed by atoms with E-state index in [1.165, 1.54) is 0 Å². The molecule has 27 heavy (non-hydrogen) atoms. The molecule has 3 unspecified atom stereocenters. The minimum atomic E-state index is -0.481. The van der Waals surface area contributed by atoms with Crippen molar-refractivity contribution in [2.24, 2.45) is 0 Å². The Bertz CT molecular complexity index is 759. The van der Waals surface area contributed by atoms with Gasteiger partial charge in [-0.2, -0.15) is 5.21 Å². The van der Waals surface area contributed by atoms with E-state index in [4.69, 9.17) is 4.74 Å². The van der Waals surface area contributed by atoms with E-state index < -0.39 is 5.60 Å². The first-order valence-electron chi connectivity index (χ1n) is 9.46. The molecule has 1 N–H and O–H groups in total. The van der Waals surface area contributed by atoms with E-state index in [1.54, 1.807) is 0 Å². The van der Waals surface area contributed by atoms with Crippen LogP contribution >= 0.6 is 0 Å². The van der Waals surface area contributed by atoms with Gasteiger partial charge >= 0.3 is 6.09 Å². The number of hydrogen-bond acceptors (Lipinski definition) is 6. The van der Waals surface area contributed by atoms with Gasteiger partial charge in [-0.3, -0.25) is 9.80 Å². The molecular weight excluding hydrogens is 344 g/mol. The summed E-state index contributed by atoms with van der Waals surface area (Å²) in [7, 11) is 0. The van der Waals surface area contributed by atoms with E-state index in [9.17, 15) is 4.79 Å². The lowest BCUT2D eigenvalue weighted by atomic mass is 10.0. The normalized spacial score (nSPS) is 24.0. The molecule has 2 saturated heterocycles. The molecule has 2 aliphatic rings. The number of fused-ring (bicyclic) bond motifs is 2. The number of carbonyl (C=O) groups is 1. The van der Waals surface area contributed by atoms with Gasteiger partial charge in [-0.1, -0.05) is 35.5 Å². The first-order chi connectivity index (χ1) is 12.9. The van der Waals surface area contributed by atoms with Gasteiger partial charge < -0.3 is 4.74 Å². The van der Waals surface area contributed by atoms with Gasteiger partial charge in [0.15, 0.2) is 5.82 Å². The first-order valence-corrected chi connectivity index (χ1v) is 9.46. The summed E-state index contributed by atoms with van der Waals surface area (Å²) in [5.41, 5.74) is 0.647. The van der Waals surface area contributed by atoms with Crippen LogP contribution in [0.4, 0.5) is 4.79 Å². The van der Waals surface area contributed by atoms with Crippen LogP contribution in [0.1, 0.15) is 51.0 Å². The molecule has 3 heterocycles. The molecule has 2 fully saturated rings. The summed E-state index contributed by atoms with van der Waals surface area (Å²) in [5.74, 6) is 0.659. The number of nitrogens with zero attached hydrogens (tertiary/aromatic N) is 5. The van der Waals surface area contributed by atoms with Crippen molar-refractivity contribution >= 4 is 6.09 Å². The van der Waals surface area contributed by atoms with Gasteiger partial charge in [0.1, 0.15) is 5.60 Å². The number of rotatable bonds is 3. The molecule has 2 aromatic rings. The Labute approximate surface area is 158 Å². The quantitative estimate of drug-likeness (QED) is 0.892. The lowest BCUT2D eigenvalue weighted by Crippen LogP contribution is -2.57. The highest BCUT2D eigenvalue weighted by atomic mass is 16.6. The fraction of sp³-hybridized carbons (Fsp3) is 0.579. The van der Waals surface area contributed by atoms with Crippen molar-refractivity contribution in [1.29, 1.82) is 0 Å². The molecule has 1 aromatic carbocycles. The molecule has 0 saturated carbocycles. The predicted molar refractivity (Wildman–Crippen MR) is 98.9 cm³/mol. The highest BCUT2D eigenvalue weighted by Gasteiger charge is 2.46. The molecule has 0 spiro atoms. The maximum atomic E-state index is 12.7. The SMILES string of the molecule is CC(C)(C)OC(=O)N1C2CCC1CN(C(c1ccccc1)c1nn[nH]n1)C2. The maximum absolute atomic E-state index is 12.7. The van der Waals surface area contributed by atoms with E-state index in [2.05, 4.69) is 37.7 Å². The Kier molecular flexibility index (Phi) is 4.59. The summed E-state index contributed by atoms with van der Waals surface area (Å²) in [6.07, 6.45) is 1.79. The van der Waals surface area contributed by atoms with Crippen molar-refractivity contribution in [2.45, 2.75) is 57.3 Å². The summed E-state index contributed by atoms with van der Waals surface area (Å²) in [4.78, 5) is 17.0. The standard InChI is InChI=1S/C19H26N6O2/c1-19(2,3)27-18(26)25-14-9-10-15(25)12-24(11-14)16(17-20-22-23-21-17)13-7-5-4-6-8-13/h4-8,14-16H,9-12H2,1-3H3,(H,20,21,22,23). The minimum absolute atomic E-state index is 0.0752. The molecule has 4 rings (SSSR count). The van der Waals surface area contributed by atoms with Gasteiger partial charge in [-0.15, -0.1) is 10.2 Å². The molecule has 1 aromatic heterocycles. The molecule has 3 atom stereocenters. The largest absolute Gasteiger partial charge is 0.444 e. The molecule has 8 heteroatoms. The van der Waals surface area contributed by atoms with Crippen LogP contribution in [0, 0.1) is 0 Å². The number of aromatic nitrogens is 4. The highest BCUT2D eigenvalue weighted by molar-refractivity contribution is 5.69. The minimum Gasteiger partial charge on any atom is -0.444 e. The summed E-state index contributed by atoms with van der Waals surface area (Å²) < 4.78 is 5.64. The van der Waals surface area contributed by atoms with Crippen molar-refractivity contribution in [1.82, 2.24) is 30.4 Å². The van der Waals surface area contributed by atoms with Crippen molar-refractivity contribution in [3.63, 3.8) is 0 Å². The zero-order valence-corrected chi connectivity index (χ0v) is 16.0. The van der Waals surface area contributed by atoms with Crippen LogP contribution in [0.25, 0.3) is 0 Å². The fourth-order valence-corrected chi connectivity index (χ4v) is 4.20. The van der Waals surface area contributed by atoms with Crippen LogP contribution in [-0.2, 0) is 4.74 Å². The van der Waals surface area contributed by atoms with Gasteiger partial charge in [-0.05, 0) is 39.2 Å². The molecule has 0 aliphatic carbocycles. The van der Waals surface area contributed by atoms with E-state index >= 15 is 0 Å². The lowest BCUT2D eigenvalue weighted by Gasteiger charge is -2.43. The summed E-state index contributed by atoms with van der Waals surface area (Å²) in [5, 5.41) is 14.8. The van der Waals surface area contributed by atoms with Crippen LogP contribution < -0.4 is 0 Å². The first kappa shape index (κ1) is 17.9. The van der Waals surface area contributed by atoms with Gasteiger partial charge in [0.05, 0.1) is 6.04 Å². The Morgan fingerprint density at radius 3 is 2.41 bits per heavy atom. The third kappa shape index (κ3) is 3.66. The number of likely N-dealkylation sites (tertiary alicyclic amines) is 1. The van der Waals surface area contributed by atoms with E-state index in [1.807, 2.05) is 43.9 Å². The topological polar surface area (TPSA) is 87.2 Å². The zero-order valence-electron chi connectivity index (χ0n) is 16.0. The molecule has 1 amide bonds. The second-order valence-electron chi connectivity index (χ2n) is 8.31. The fourth-order valence-electron chi connectivity index (χ4n) is 4.20. The van der Waals surface area contributed by atoms with Crippen molar-refractivity contribution in [3.05, 3.63) is 41.7 Å². The van der Waals surface area contributed by atoms with Gasteiger partial charge in [-0.25, -0.2) is 4.79 Å². The second kappa shape index (κ2) is 6.92. The molecule has 2 bridgehead atoms.